The van der Waals surface area contributed by atoms with E-state index in [0.717, 1.165) is 5.69 Å². The van der Waals surface area contributed by atoms with Gasteiger partial charge in [-0.2, -0.15) is 5.10 Å². The van der Waals surface area contributed by atoms with E-state index in [2.05, 4.69) is 16.8 Å². The number of hydrogen-bond acceptors (Lipinski definition) is 5. The monoisotopic (exact) mass is 364 g/mol. The van der Waals surface area contributed by atoms with E-state index in [1.54, 1.807) is 11.9 Å². The smallest absolute Gasteiger partial charge is 0.410 e. The highest BCUT2D eigenvalue weighted by atomic mass is 16.6. The van der Waals surface area contributed by atoms with Crippen molar-refractivity contribution < 1.29 is 19.4 Å². The highest BCUT2D eigenvalue weighted by Gasteiger charge is 2.34. The number of amides is 2. The van der Waals surface area contributed by atoms with Crippen LogP contribution in [0.5, 0.6) is 0 Å². The molecule has 2 N–H and O–H groups in total. The molecule has 2 heterocycles. The van der Waals surface area contributed by atoms with Crippen molar-refractivity contribution >= 4 is 12.0 Å². The predicted molar refractivity (Wildman–Crippen MR) is 96.7 cm³/mol. The average molecular weight is 364 g/mol. The zero-order valence-corrected chi connectivity index (χ0v) is 16.1. The van der Waals surface area contributed by atoms with Crippen LogP contribution >= 0.6 is 0 Å². The van der Waals surface area contributed by atoms with Crippen LogP contribution in [-0.4, -0.2) is 68.9 Å². The third kappa shape index (κ3) is 4.43. The number of aromatic amines is 1. The van der Waals surface area contributed by atoms with E-state index in [-0.39, 0.29) is 37.3 Å². The molecule has 144 valence electrons. The molecule has 0 saturated carbocycles. The Morgan fingerprint density at radius 1 is 1.46 bits per heavy atom. The quantitative estimate of drug-likeness (QED) is 0.793. The van der Waals surface area contributed by atoms with Gasteiger partial charge in [0, 0.05) is 37.3 Å². The van der Waals surface area contributed by atoms with E-state index in [9.17, 15) is 9.59 Å². The predicted octanol–water partition coefficient (Wildman–Crippen LogP) is 1.71. The van der Waals surface area contributed by atoms with Crippen LogP contribution < -0.4 is 0 Å². The molecule has 2 amide bonds. The van der Waals surface area contributed by atoms with Crippen LogP contribution in [0, 0.1) is 0 Å². The van der Waals surface area contributed by atoms with Gasteiger partial charge in [0.15, 0.2) is 5.69 Å². The van der Waals surface area contributed by atoms with Gasteiger partial charge < -0.3 is 19.6 Å². The van der Waals surface area contributed by atoms with Crippen molar-refractivity contribution in [2.24, 2.45) is 0 Å². The topological polar surface area (TPSA) is 98.8 Å². The Balaban J connectivity index is 2.21. The minimum absolute atomic E-state index is 0.0624. The maximum atomic E-state index is 12.7. The molecule has 0 aliphatic carbocycles. The summed E-state index contributed by atoms with van der Waals surface area (Å²) in [5.74, 6) is -0.282. The van der Waals surface area contributed by atoms with E-state index in [1.807, 2.05) is 27.7 Å². The van der Waals surface area contributed by atoms with Gasteiger partial charge in [-0.25, -0.2) is 4.79 Å². The summed E-state index contributed by atoms with van der Waals surface area (Å²) in [5.41, 5.74) is 1.80. The van der Waals surface area contributed by atoms with Crippen LogP contribution in [0.25, 0.3) is 0 Å². The van der Waals surface area contributed by atoms with Crippen LogP contribution in [0.3, 0.4) is 0 Å². The third-order valence-corrected chi connectivity index (χ3v) is 4.17. The number of ether oxygens (including phenoxy) is 1. The number of aromatic nitrogens is 2. The Morgan fingerprint density at radius 3 is 2.69 bits per heavy atom. The Labute approximate surface area is 153 Å². The van der Waals surface area contributed by atoms with Crippen LogP contribution in [0.2, 0.25) is 0 Å². The van der Waals surface area contributed by atoms with E-state index < -0.39 is 11.7 Å². The highest BCUT2D eigenvalue weighted by molar-refractivity contribution is 5.94. The Morgan fingerprint density at radius 2 is 2.12 bits per heavy atom. The second kappa shape index (κ2) is 7.49. The van der Waals surface area contributed by atoms with Crippen molar-refractivity contribution in [3.8, 4) is 0 Å². The molecule has 26 heavy (non-hydrogen) atoms. The maximum absolute atomic E-state index is 12.7. The molecular weight excluding hydrogens is 336 g/mol. The normalized spacial score (nSPS) is 16.8. The summed E-state index contributed by atoms with van der Waals surface area (Å²) >= 11 is 0. The van der Waals surface area contributed by atoms with Crippen molar-refractivity contribution in [3.05, 3.63) is 29.1 Å². The zero-order chi connectivity index (χ0) is 19.6. The lowest BCUT2D eigenvalue weighted by molar-refractivity contribution is 0.0136. The number of nitrogens with zero attached hydrogens (tertiary/aromatic N) is 3. The van der Waals surface area contributed by atoms with Crippen molar-refractivity contribution in [1.29, 1.82) is 0 Å². The number of carbonyl (C=O) groups excluding carboxylic acids is 2. The molecular formula is C18H28N4O4. The van der Waals surface area contributed by atoms with Gasteiger partial charge in [0.05, 0.1) is 13.2 Å². The van der Waals surface area contributed by atoms with E-state index >= 15 is 0 Å². The number of aliphatic hydroxyl groups is 1. The van der Waals surface area contributed by atoms with Crippen molar-refractivity contribution in [1.82, 2.24) is 20.0 Å². The highest BCUT2D eigenvalue weighted by Crippen LogP contribution is 2.26. The van der Waals surface area contributed by atoms with Crippen molar-refractivity contribution in [3.63, 3.8) is 0 Å². The van der Waals surface area contributed by atoms with Gasteiger partial charge in [0.1, 0.15) is 5.60 Å². The minimum Gasteiger partial charge on any atom is -0.444 e. The summed E-state index contributed by atoms with van der Waals surface area (Å²) in [7, 11) is 1.63. The Hall–Kier alpha value is -2.35. The Bertz CT molecular complexity index is 705. The number of fused-ring (bicyclic) bond motifs is 1. The van der Waals surface area contributed by atoms with E-state index in [4.69, 9.17) is 9.84 Å². The summed E-state index contributed by atoms with van der Waals surface area (Å²) in [5, 5.41) is 16.2. The van der Waals surface area contributed by atoms with Crippen LogP contribution in [0.4, 0.5) is 4.79 Å². The second-order valence-electron chi connectivity index (χ2n) is 7.76. The lowest BCUT2D eigenvalue weighted by atomic mass is 9.99. The fraction of sp³-hybridized carbons (Fsp3) is 0.611. The fourth-order valence-corrected chi connectivity index (χ4v) is 2.85. The Kier molecular flexibility index (Phi) is 5.75. The van der Waals surface area contributed by atoms with Crippen LogP contribution in [0.15, 0.2) is 12.2 Å². The van der Waals surface area contributed by atoms with Gasteiger partial charge in [-0.3, -0.25) is 9.89 Å². The van der Waals surface area contributed by atoms with Crippen LogP contribution in [-0.2, 0) is 17.7 Å². The first kappa shape index (κ1) is 20.0. The van der Waals surface area contributed by atoms with Gasteiger partial charge in [0.25, 0.3) is 5.91 Å². The SMILES string of the molecule is C=C(CO)CN(C)C(=O)c1n[nH]c2c1CN(C(=O)OC(C)(C)C)[C@H](C)C2. The summed E-state index contributed by atoms with van der Waals surface area (Å²) in [6, 6.07) is -0.0624. The number of H-pyrrole nitrogens is 1. The summed E-state index contributed by atoms with van der Waals surface area (Å²) in [6.07, 6.45) is 0.166. The molecule has 1 aliphatic rings. The molecule has 0 radical (unpaired) electrons. The molecule has 0 spiro atoms. The molecule has 2 rings (SSSR count). The molecule has 1 aliphatic heterocycles. The molecule has 1 atom stereocenters. The van der Waals surface area contributed by atoms with Gasteiger partial charge in [-0.1, -0.05) is 6.58 Å². The molecule has 0 aromatic carbocycles. The zero-order valence-electron chi connectivity index (χ0n) is 16.1. The van der Waals surface area contributed by atoms with Gasteiger partial charge in [-0.15, -0.1) is 0 Å². The maximum Gasteiger partial charge on any atom is 0.410 e. The van der Waals surface area contributed by atoms with Crippen molar-refractivity contribution in [2.75, 3.05) is 20.2 Å². The standard InChI is InChI=1S/C18H28N4O4/c1-11(10-23)8-21(6)16(24)15-13-9-22(17(25)26-18(3,4)5)12(2)7-14(13)19-20-15/h12,23H,1,7-10H2,2-6H3,(H,19,20)/t12-/m1/s1. The summed E-state index contributed by atoms with van der Waals surface area (Å²) < 4.78 is 5.48. The minimum atomic E-state index is -0.586. The van der Waals surface area contributed by atoms with E-state index in [0.29, 0.717) is 17.6 Å². The van der Waals surface area contributed by atoms with Gasteiger partial charge in [-0.05, 0) is 33.3 Å². The lowest BCUT2D eigenvalue weighted by Crippen LogP contribution is -2.45. The summed E-state index contributed by atoms with van der Waals surface area (Å²) in [4.78, 5) is 28.3. The molecule has 8 nitrogen and oxygen atoms in total. The van der Waals surface area contributed by atoms with E-state index in [1.165, 1.54) is 4.90 Å². The largest absolute Gasteiger partial charge is 0.444 e. The molecule has 0 unspecified atom stereocenters. The van der Waals surface area contributed by atoms with Crippen LogP contribution in [0.1, 0.15) is 49.4 Å². The van der Waals surface area contributed by atoms with Crippen molar-refractivity contribution in [2.45, 2.75) is 52.3 Å². The number of rotatable bonds is 4. The number of carbonyl (C=O) groups is 2. The first-order valence-corrected chi connectivity index (χ1v) is 8.62. The average Bonchev–Trinajstić information content (AvgIpc) is 2.93. The van der Waals surface area contributed by atoms with Gasteiger partial charge in [0.2, 0.25) is 0 Å². The first-order chi connectivity index (χ1) is 12.0. The first-order valence-electron chi connectivity index (χ1n) is 8.62. The number of nitrogens with one attached hydrogen (secondary N) is 1. The molecule has 0 bridgehead atoms. The third-order valence-electron chi connectivity index (χ3n) is 4.17. The number of aliphatic hydroxyl groups excluding tert-OH is 1. The molecule has 1 aromatic heterocycles. The lowest BCUT2D eigenvalue weighted by Gasteiger charge is -2.34. The number of likely N-dealkylation sites (N-methyl/N-ethyl adjacent to an activating group) is 1. The molecule has 0 fully saturated rings. The molecule has 8 heteroatoms. The molecule has 1 aromatic rings. The summed E-state index contributed by atoms with van der Waals surface area (Å²) in [6.45, 7) is 11.4. The fourth-order valence-electron chi connectivity index (χ4n) is 2.85. The second-order valence-corrected chi connectivity index (χ2v) is 7.76. The number of hydrogen-bond donors (Lipinski definition) is 2. The van der Waals surface area contributed by atoms with Gasteiger partial charge >= 0.3 is 6.09 Å². The molecule has 0 saturated heterocycles.